The van der Waals surface area contributed by atoms with Crippen LogP contribution in [0.5, 0.6) is 0 Å². The summed E-state index contributed by atoms with van der Waals surface area (Å²) in [7, 11) is 0. The highest BCUT2D eigenvalue weighted by molar-refractivity contribution is 6.00. The van der Waals surface area contributed by atoms with E-state index in [2.05, 4.69) is 52.1 Å². The van der Waals surface area contributed by atoms with E-state index in [-0.39, 0.29) is 41.1 Å². The molecule has 2 saturated carbocycles. The number of aliphatic hydroxyl groups is 1. The summed E-state index contributed by atoms with van der Waals surface area (Å²) in [6.07, 6.45) is 6.00. The number of hydrogen-bond acceptors (Lipinski definition) is 4. The number of carbonyl (C=O) groups excluding carboxylic acids is 3. The lowest BCUT2D eigenvalue weighted by Gasteiger charge is -2.30. The van der Waals surface area contributed by atoms with Crippen molar-refractivity contribution in [1.82, 2.24) is 21.3 Å². The number of carbonyl (C=O) groups is 3. The summed E-state index contributed by atoms with van der Waals surface area (Å²) in [6.45, 7) is 3.51. The van der Waals surface area contributed by atoms with Gasteiger partial charge in [-0.1, -0.05) is 36.9 Å². The fourth-order valence-corrected chi connectivity index (χ4v) is 4.94. The first-order valence-electron chi connectivity index (χ1n) is 11.3. The van der Waals surface area contributed by atoms with Crippen molar-refractivity contribution >= 4 is 17.8 Å². The normalized spacial score (nSPS) is 28.0. The molecule has 0 spiro atoms. The Morgan fingerprint density at radius 3 is 2.34 bits per heavy atom. The van der Waals surface area contributed by atoms with E-state index in [1.54, 1.807) is 0 Å². The van der Waals surface area contributed by atoms with Crippen molar-refractivity contribution < 1.29 is 19.5 Å². The third kappa shape index (κ3) is 4.95. The molecule has 0 aromatic heterocycles. The molecule has 0 radical (unpaired) electrons. The van der Waals surface area contributed by atoms with Gasteiger partial charge in [0.25, 0.3) is 5.91 Å². The highest BCUT2D eigenvalue weighted by atomic mass is 16.3. The molecule has 32 heavy (non-hydrogen) atoms. The van der Waals surface area contributed by atoms with E-state index < -0.39 is 11.9 Å². The minimum Gasteiger partial charge on any atom is -0.504 e. The number of urea groups is 1. The lowest BCUT2D eigenvalue weighted by Crippen LogP contribution is -2.47. The molecule has 8 nitrogen and oxygen atoms in total. The van der Waals surface area contributed by atoms with Crippen LogP contribution in [0.15, 0.2) is 54.1 Å². The fraction of sp³-hybridized carbons (Fsp3) is 0.458. The summed E-state index contributed by atoms with van der Waals surface area (Å²) in [4.78, 5) is 36.8. The zero-order valence-electron chi connectivity index (χ0n) is 18.0. The van der Waals surface area contributed by atoms with Gasteiger partial charge in [0.1, 0.15) is 0 Å². The zero-order valence-corrected chi connectivity index (χ0v) is 18.0. The largest absolute Gasteiger partial charge is 0.504 e. The molecule has 8 heteroatoms. The molecule has 2 aliphatic carbocycles. The molecule has 0 unspecified atom stereocenters. The predicted octanol–water partition coefficient (Wildman–Crippen LogP) is 2.71. The van der Waals surface area contributed by atoms with Gasteiger partial charge in [-0.3, -0.25) is 14.9 Å². The Kier molecular flexibility index (Phi) is 6.48. The van der Waals surface area contributed by atoms with Crippen LogP contribution in [-0.4, -0.2) is 35.0 Å². The van der Waals surface area contributed by atoms with Crippen LogP contribution in [0.3, 0.4) is 0 Å². The van der Waals surface area contributed by atoms with E-state index in [4.69, 9.17) is 0 Å². The van der Waals surface area contributed by atoms with Gasteiger partial charge in [-0.15, -0.1) is 0 Å². The van der Waals surface area contributed by atoms with Crippen molar-refractivity contribution in [2.75, 3.05) is 0 Å². The number of nitrogens with one attached hydrogen (secondary N) is 4. The summed E-state index contributed by atoms with van der Waals surface area (Å²) in [5.41, 5.74) is 1.13. The first kappa shape index (κ1) is 21.9. The van der Waals surface area contributed by atoms with Crippen molar-refractivity contribution in [2.45, 2.75) is 62.9 Å². The van der Waals surface area contributed by atoms with E-state index in [0.717, 1.165) is 25.7 Å². The molecular formula is C24H30N4O4. The van der Waals surface area contributed by atoms with Gasteiger partial charge in [0.15, 0.2) is 11.5 Å². The molecule has 4 rings (SSSR count). The molecular weight excluding hydrogens is 408 g/mol. The maximum atomic E-state index is 12.8. The first-order chi connectivity index (χ1) is 15.4. The second-order valence-electron chi connectivity index (χ2n) is 8.93. The number of benzene rings is 1. The lowest BCUT2D eigenvalue weighted by molar-refractivity contribution is -0.126. The van der Waals surface area contributed by atoms with E-state index >= 15 is 0 Å². The lowest BCUT2D eigenvalue weighted by atomic mass is 9.81. The van der Waals surface area contributed by atoms with E-state index in [1.807, 2.05) is 6.07 Å². The maximum absolute atomic E-state index is 12.8. The van der Waals surface area contributed by atoms with Crippen LogP contribution >= 0.6 is 0 Å². The molecule has 170 valence electrons. The van der Waals surface area contributed by atoms with Crippen molar-refractivity contribution in [3.63, 3.8) is 0 Å². The first-order valence-corrected chi connectivity index (χ1v) is 11.3. The van der Waals surface area contributed by atoms with Gasteiger partial charge < -0.3 is 21.1 Å². The topological polar surface area (TPSA) is 120 Å². The Labute approximate surface area is 187 Å². The zero-order chi connectivity index (χ0) is 22.7. The molecule has 1 aliphatic heterocycles. The second kappa shape index (κ2) is 9.46. The molecule has 0 saturated heterocycles. The molecule has 4 amide bonds. The quantitative estimate of drug-likeness (QED) is 0.485. The van der Waals surface area contributed by atoms with E-state index in [1.165, 1.54) is 5.56 Å². The van der Waals surface area contributed by atoms with Gasteiger partial charge >= 0.3 is 6.03 Å². The smallest absolute Gasteiger partial charge is 0.324 e. The summed E-state index contributed by atoms with van der Waals surface area (Å²) in [5, 5.41) is 20.6. The number of amides is 4. The highest BCUT2D eigenvalue weighted by Gasteiger charge is 2.34. The molecule has 1 heterocycles. The third-order valence-electron chi connectivity index (χ3n) is 6.74. The summed E-state index contributed by atoms with van der Waals surface area (Å²) in [6, 6.07) is 9.93. The van der Waals surface area contributed by atoms with Gasteiger partial charge in [0, 0.05) is 18.0 Å². The minimum absolute atomic E-state index is 0.0236. The minimum atomic E-state index is -0.622. The molecule has 2 fully saturated rings. The van der Waals surface area contributed by atoms with Gasteiger partial charge in [0.2, 0.25) is 5.91 Å². The monoisotopic (exact) mass is 438 g/mol. The molecule has 2 atom stereocenters. The number of rotatable bonds is 5. The Balaban J connectivity index is 1.24. The summed E-state index contributed by atoms with van der Waals surface area (Å²) < 4.78 is 0. The van der Waals surface area contributed by atoms with Crippen molar-refractivity contribution in [2.24, 2.45) is 5.92 Å². The number of hydrogen-bond donors (Lipinski definition) is 5. The Morgan fingerprint density at radius 1 is 0.938 bits per heavy atom. The van der Waals surface area contributed by atoms with Crippen LogP contribution in [0, 0.1) is 5.92 Å². The van der Waals surface area contributed by atoms with Crippen molar-refractivity contribution in [3.8, 4) is 0 Å². The summed E-state index contributed by atoms with van der Waals surface area (Å²) in [5.74, 6) is -0.500. The van der Waals surface area contributed by atoms with Crippen molar-refractivity contribution in [3.05, 3.63) is 59.6 Å². The van der Waals surface area contributed by atoms with Gasteiger partial charge in [0.05, 0.1) is 5.70 Å². The number of aliphatic hydroxyl groups excluding tert-OH is 1. The average molecular weight is 439 g/mol. The van der Waals surface area contributed by atoms with Crippen LogP contribution in [0.25, 0.3) is 0 Å². The SMILES string of the molecule is C=C1NC(=O)NC(C(=O)N[C@@H]2CC[C@@H](C(=O)N[C@H]3CC[C@@H](c4ccccc4)CC3)C2)=C1O. The second-order valence-corrected chi connectivity index (χ2v) is 8.93. The standard InChI is InChI=1S/C24H30N4O4/c1-14-21(29)20(28-24(32)25-14)23(31)27-19-12-9-17(13-19)22(30)26-18-10-7-16(8-11-18)15-5-3-2-4-6-15/h2-6,16-19,29H,1,7-13H2,(H,26,30)(H,27,31)(H2,25,28,32)/t16-,17-,18+,19-/m1/s1. The fourth-order valence-electron chi connectivity index (χ4n) is 4.94. The molecule has 1 aromatic carbocycles. The predicted molar refractivity (Wildman–Crippen MR) is 119 cm³/mol. The molecule has 1 aromatic rings. The Bertz CT molecular complexity index is 935. The van der Waals surface area contributed by atoms with E-state index in [9.17, 15) is 19.5 Å². The average Bonchev–Trinajstić information content (AvgIpc) is 3.26. The Morgan fingerprint density at radius 2 is 1.62 bits per heavy atom. The Hall–Kier alpha value is -3.29. The van der Waals surface area contributed by atoms with Crippen LogP contribution < -0.4 is 21.3 Å². The van der Waals surface area contributed by atoms with Crippen LogP contribution in [-0.2, 0) is 9.59 Å². The van der Waals surface area contributed by atoms with Crippen LogP contribution in [0.1, 0.15) is 56.4 Å². The maximum Gasteiger partial charge on any atom is 0.324 e. The molecule has 3 aliphatic rings. The molecule has 0 bridgehead atoms. The van der Waals surface area contributed by atoms with Gasteiger partial charge in [-0.05, 0) is 56.4 Å². The summed E-state index contributed by atoms with van der Waals surface area (Å²) >= 11 is 0. The van der Waals surface area contributed by atoms with E-state index in [0.29, 0.717) is 25.2 Å². The van der Waals surface area contributed by atoms with Crippen LogP contribution in [0.2, 0.25) is 0 Å². The highest BCUT2D eigenvalue weighted by Crippen LogP contribution is 2.33. The van der Waals surface area contributed by atoms with Gasteiger partial charge in [-0.25, -0.2) is 4.79 Å². The van der Waals surface area contributed by atoms with Crippen molar-refractivity contribution in [1.29, 1.82) is 0 Å². The van der Waals surface area contributed by atoms with Gasteiger partial charge in [-0.2, -0.15) is 0 Å². The molecule has 5 N–H and O–H groups in total. The third-order valence-corrected chi connectivity index (χ3v) is 6.74. The van der Waals surface area contributed by atoms with Crippen LogP contribution in [0.4, 0.5) is 4.79 Å².